The molecule has 1 amide bonds. The van der Waals surface area contributed by atoms with E-state index in [1.54, 1.807) is 24.3 Å². The lowest BCUT2D eigenvalue weighted by molar-refractivity contribution is -0.113. The first-order chi connectivity index (χ1) is 13.2. The van der Waals surface area contributed by atoms with Gasteiger partial charge in [-0.3, -0.25) is 4.79 Å². The summed E-state index contributed by atoms with van der Waals surface area (Å²) < 4.78 is 5.08. The Morgan fingerprint density at radius 3 is 2.63 bits per heavy atom. The van der Waals surface area contributed by atoms with Gasteiger partial charge in [-0.25, -0.2) is 14.8 Å². The highest BCUT2D eigenvalue weighted by Gasteiger charge is 2.10. The Morgan fingerprint density at radius 1 is 1.07 bits per heavy atom. The van der Waals surface area contributed by atoms with E-state index in [1.807, 2.05) is 31.2 Å². The molecule has 0 spiro atoms. The van der Waals surface area contributed by atoms with Crippen LogP contribution in [0.15, 0.2) is 59.9 Å². The van der Waals surface area contributed by atoms with E-state index in [4.69, 9.17) is 4.74 Å². The number of hydrogen-bond donors (Lipinski definition) is 1. The highest BCUT2D eigenvalue weighted by molar-refractivity contribution is 8.00. The number of para-hydroxylation sites is 1. The van der Waals surface area contributed by atoms with Crippen LogP contribution in [0.25, 0.3) is 10.9 Å². The molecule has 0 saturated carbocycles. The molecule has 0 radical (unpaired) electrons. The number of amides is 1. The van der Waals surface area contributed by atoms with Crippen molar-refractivity contribution in [2.45, 2.75) is 18.4 Å². The van der Waals surface area contributed by atoms with Gasteiger partial charge in [0.15, 0.2) is 0 Å². The van der Waals surface area contributed by atoms with Gasteiger partial charge in [0.25, 0.3) is 0 Å². The number of carbonyl (C=O) groups excluding carboxylic acids is 2. The summed E-state index contributed by atoms with van der Waals surface area (Å²) in [5, 5.41) is 4.51. The third-order valence-electron chi connectivity index (χ3n) is 3.69. The maximum atomic E-state index is 12.2. The first-order valence-corrected chi connectivity index (χ1v) is 9.55. The summed E-state index contributed by atoms with van der Waals surface area (Å²) in [4.78, 5) is 32.5. The first-order valence-electron chi connectivity index (χ1n) is 8.57. The maximum absolute atomic E-state index is 12.2. The predicted molar refractivity (Wildman–Crippen MR) is 106 cm³/mol. The molecule has 0 bridgehead atoms. The fourth-order valence-corrected chi connectivity index (χ4v) is 3.18. The molecule has 6 nitrogen and oxygen atoms in total. The number of hydrogen-bond acceptors (Lipinski definition) is 6. The van der Waals surface area contributed by atoms with E-state index in [9.17, 15) is 9.59 Å². The average molecular weight is 381 g/mol. The van der Waals surface area contributed by atoms with Crippen LogP contribution in [0.4, 0.5) is 5.69 Å². The molecule has 0 aliphatic carbocycles. The largest absolute Gasteiger partial charge is 0.462 e. The number of rotatable bonds is 7. The van der Waals surface area contributed by atoms with Crippen molar-refractivity contribution in [3.8, 4) is 0 Å². The lowest BCUT2D eigenvalue weighted by atomic mass is 10.2. The third-order valence-corrected chi connectivity index (χ3v) is 4.69. The van der Waals surface area contributed by atoms with Crippen LogP contribution >= 0.6 is 11.8 Å². The number of nitrogens with zero attached hydrogens (tertiary/aromatic N) is 2. The van der Waals surface area contributed by atoms with Gasteiger partial charge in [0.2, 0.25) is 5.91 Å². The number of carbonyl (C=O) groups is 2. The Labute approximate surface area is 161 Å². The van der Waals surface area contributed by atoms with E-state index < -0.39 is 0 Å². The third kappa shape index (κ3) is 5.04. The Hall–Kier alpha value is -2.93. The SMILES string of the molecule is CCCOC(=O)c1ccc(NC(=O)CSc2ncnc3ccccc23)cc1. The number of aromatic nitrogens is 2. The standard InChI is InChI=1S/C20H19N3O3S/c1-2-11-26-20(25)14-7-9-15(10-8-14)23-18(24)12-27-19-16-5-3-4-6-17(16)21-13-22-19/h3-10,13H,2,11-12H2,1H3,(H,23,24). The van der Waals surface area contributed by atoms with Crippen LogP contribution in [-0.4, -0.2) is 34.2 Å². The molecule has 0 fully saturated rings. The number of thioether (sulfide) groups is 1. The number of fused-ring (bicyclic) bond motifs is 1. The Balaban J connectivity index is 1.57. The van der Waals surface area contributed by atoms with E-state index in [0.29, 0.717) is 17.9 Å². The molecule has 1 heterocycles. The molecule has 1 N–H and O–H groups in total. The van der Waals surface area contributed by atoms with Gasteiger partial charge in [0.05, 0.1) is 23.4 Å². The van der Waals surface area contributed by atoms with Crippen molar-refractivity contribution in [1.82, 2.24) is 9.97 Å². The molecule has 0 aliphatic rings. The number of ether oxygens (including phenoxy) is 1. The first kappa shape index (κ1) is 18.8. The molecular formula is C20H19N3O3S. The van der Waals surface area contributed by atoms with Crippen molar-refractivity contribution in [2.24, 2.45) is 0 Å². The van der Waals surface area contributed by atoms with Crippen molar-refractivity contribution >= 4 is 40.2 Å². The summed E-state index contributed by atoms with van der Waals surface area (Å²) in [6, 6.07) is 14.3. The van der Waals surface area contributed by atoms with Gasteiger partial charge in [-0.05, 0) is 36.8 Å². The number of anilines is 1. The highest BCUT2D eigenvalue weighted by Crippen LogP contribution is 2.24. The minimum Gasteiger partial charge on any atom is -0.462 e. The number of benzene rings is 2. The zero-order valence-corrected chi connectivity index (χ0v) is 15.7. The van der Waals surface area contributed by atoms with Gasteiger partial charge in [0, 0.05) is 11.1 Å². The number of esters is 1. The van der Waals surface area contributed by atoms with E-state index in [2.05, 4.69) is 15.3 Å². The summed E-state index contributed by atoms with van der Waals surface area (Å²) in [6.07, 6.45) is 2.28. The molecule has 0 atom stereocenters. The zero-order chi connectivity index (χ0) is 19.1. The van der Waals surface area contributed by atoms with E-state index in [-0.39, 0.29) is 17.6 Å². The normalized spacial score (nSPS) is 10.6. The Morgan fingerprint density at radius 2 is 1.85 bits per heavy atom. The maximum Gasteiger partial charge on any atom is 0.338 e. The van der Waals surface area contributed by atoms with Gasteiger partial charge in [0.1, 0.15) is 11.4 Å². The summed E-state index contributed by atoms with van der Waals surface area (Å²) in [7, 11) is 0. The van der Waals surface area contributed by atoms with Crippen LogP contribution in [0.5, 0.6) is 0 Å². The topological polar surface area (TPSA) is 81.2 Å². The second-order valence-electron chi connectivity index (χ2n) is 5.75. The van der Waals surface area contributed by atoms with Gasteiger partial charge in [-0.2, -0.15) is 0 Å². The summed E-state index contributed by atoms with van der Waals surface area (Å²) in [5.41, 5.74) is 1.93. The van der Waals surface area contributed by atoms with Crippen LogP contribution in [0.3, 0.4) is 0 Å². The molecule has 27 heavy (non-hydrogen) atoms. The van der Waals surface area contributed by atoms with Crippen LogP contribution in [0.1, 0.15) is 23.7 Å². The van der Waals surface area contributed by atoms with Crippen molar-refractivity contribution in [3.05, 3.63) is 60.4 Å². The average Bonchev–Trinajstić information content (AvgIpc) is 2.71. The smallest absolute Gasteiger partial charge is 0.338 e. The second kappa shape index (κ2) is 9.14. The fourth-order valence-electron chi connectivity index (χ4n) is 2.39. The predicted octanol–water partition coefficient (Wildman–Crippen LogP) is 3.93. The molecule has 3 rings (SSSR count). The second-order valence-corrected chi connectivity index (χ2v) is 6.71. The molecular weight excluding hydrogens is 362 g/mol. The summed E-state index contributed by atoms with van der Waals surface area (Å²) in [6.45, 7) is 2.33. The van der Waals surface area contributed by atoms with Crippen molar-refractivity contribution in [2.75, 3.05) is 17.7 Å². The molecule has 0 saturated heterocycles. The molecule has 2 aromatic carbocycles. The van der Waals surface area contributed by atoms with E-state index in [1.165, 1.54) is 18.1 Å². The Bertz CT molecular complexity index is 939. The van der Waals surface area contributed by atoms with Crippen LogP contribution < -0.4 is 5.32 Å². The van der Waals surface area contributed by atoms with Crippen molar-refractivity contribution in [1.29, 1.82) is 0 Å². The molecule has 0 unspecified atom stereocenters. The molecule has 1 aromatic heterocycles. The quantitative estimate of drug-likeness (QED) is 0.379. The Kier molecular flexibility index (Phi) is 6.38. The minimum absolute atomic E-state index is 0.149. The molecule has 138 valence electrons. The fraction of sp³-hybridized carbons (Fsp3) is 0.200. The lowest BCUT2D eigenvalue weighted by Crippen LogP contribution is -2.14. The molecule has 7 heteroatoms. The van der Waals surface area contributed by atoms with E-state index >= 15 is 0 Å². The van der Waals surface area contributed by atoms with Gasteiger partial charge in [-0.1, -0.05) is 36.9 Å². The summed E-state index contributed by atoms with van der Waals surface area (Å²) in [5.74, 6) is -0.286. The van der Waals surface area contributed by atoms with Crippen LogP contribution in [-0.2, 0) is 9.53 Å². The van der Waals surface area contributed by atoms with Crippen molar-refractivity contribution in [3.63, 3.8) is 0 Å². The minimum atomic E-state index is -0.360. The molecule has 3 aromatic rings. The zero-order valence-electron chi connectivity index (χ0n) is 14.8. The van der Waals surface area contributed by atoms with Crippen molar-refractivity contribution < 1.29 is 14.3 Å². The van der Waals surface area contributed by atoms with Crippen LogP contribution in [0.2, 0.25) is 0 Å². The van der Waals surface area contributed by atoms with E-state index in [0.717, 1.165) is 22.3 Å². The van der Waals surface area contributed by atoms with Gasteiger partial charge >= 0.3 is 5.97 Å². The number of nitrogens with one attached hydrogen (secondary N) is 1. The highest BCUT2D eigenvalue weighted by atomic mass is 32.2. The van der Waals surface area contributed by atoms with Gasteiger partial charge in [-0.15, -0.1) is 0 Å². The summed E-state index contributed by atoms with van der Waals surface area (Å²) >= 11 is 1.36. The lowest BCUT2D eigenvalue weighted by Gasteiger charge is -2.07. The van der Waals surface area contributed by atoms with Crippen LogP contribution in [0, 0.1) is 0 Å². The molecule has 0 aliphatic heterocycles. The van der Waals surface area contributed by atoms with Gasteiger partial charge < -0.3 is 10.1 Å². The monoisotopic (exact) mass is 381 g/mol.